The Balaban J connectivity index is 0.00000169. The molecule has 1 aliphatic heterocycles. The quantitative estimate of drug-likeness (QED) is 0.757. The molecule has 1 saturated heterocycles. The highest BCUT2D eigenvalue weighted by atomic mass is 79.9. The second-order valence-corrected chi connectivity index (χ2v) is 7.28. The minimum absolute atomic E-state index is 0. The number of aryl methyl sites for hydroxylation is 1. The first-order chi connectivity index (χ1) is 11.4. The number of carbonyl (C=O) groups is 1. The maximum absolute atomic E-state index is 12.9. The van der Waals surface area contributed by atoms with Crippen LogP contribution in [0.2, 0.25) is 0 Å². The lowest BCUT2D eigenvalue weighted by molar-refractivity contribution is -0.137. The summed E-state index contributed by atoms with van der Waals surface area (Å²) < 4.78 is 2.76. The SMILES string of the molecule is Cl.Cl.Cn1cc(N2CCN(C(=O)C(C)(N)c3ccc(Br)cc3)CC2)cn1. The second kappa shape index (κ2) is 9.08. The lowest BCUT2D eigenvalue weighted by atomic mass is 9.91. The van der Waals surface area contributed by atoms with E-state index in [4.69, 9.17) is 5.73 Å². The summed E-state index contributed by atoms with van der Waals surface area (Å²) in [4.78, 5) is 17.0. The van der Waals surface area contributed by atoms with Crippen LogP contribution in [0.15, 0.2) is 41.1 Å². The number of piperazine rings is 1. The summed E-state index contributed by atoms with van der Waals surface area (Å²) in [6, 6.07) is 7.61. The van der Waals surface area contributed by atoms with E-state index < -0.39 is 5.54 Å². The molecule has 1 atom stereocenters. The fraction of sp³-hybridized carbons (Fsp3) is 0.412. The van der Waals surface area contributed by atoms with E-state index in [0.717, 1.165) is 28.8 Å². The van der Waals surface area contributed by atoms with Crippen molar-refractivity contribution < 1.29 is 4.79 Å². The fourth-order valence-electron chi connectivity index (χ4n) is 2.99. The topological polar surface area (TPSA) is 67.4 Å². The Morgan fingerprint density at radius 2 is 1.73 bits per heavy atom. The van der Waals surface area contributed by atoms with Gasteiger partial charge in [0.2, 0.25) is 5.91 Å². The molecule has 1 aliphatic rings. The van der Waals surface area contributed by atoms with Crippen LogP contribution in [0.25, 0.3) is 0 Å². The van der Waals surface area contributed by atoms with Gasteiger partial charge in [-0.1, -0.05) is 28.1 Å². The highest BCUT2D eigenvalue weighted by Gasteiger charge is 2.35. The predicted molar refractivity (Wildman–Crippen MR) is 112 cm³/mol. The first-order valence-electron chi connectivity index (χ1n) is 7.96. The van der Waals surface area contributed by atoms with Crippen LogP contribution in [0.5, 0.6) is 0 Å². The van der Waals surface area contributed by atoms with E-state index in [1.54, 1.807) is 11.6 Å². The number of hydrogen-bond donors (Lipinski definition) is 1. The molecule has 1 fully saturated rings. The molecule has 1 unspecified atom stereocenters. The van der Waals surface area contributed by atoms with Crippen molar-refractivity contribution in [1.29, 1.82) is 0 Å². The normalized spacial score (nSPS) is 16.3. The lowest BCUT2D eigenvalue weighted by Crippen LogP contribution is -2.56. The molecule has 1 aromatic heterocycles. The zero-order valence-corrected chi connectivity index (χ0v) is 18.0. The van der Waals surface area contributed by atoms with Gasteiger partial charge < -0.3 is 15.5 Å². The zero-order chi connectivity index (χ0) is 17.3. The summed E-state index contributed by atoms with van der Waals surface area (Å²) in [5.74, 6) is -0.0318. The van der Waals surface area contributed by atoms with E-state index >= 15 is 0 Å². The summed E-state index contributed by atoms with van der Waals surface area (Å²) in [6.07, 6.45) is 3.85. The van der Waals surface area contributed by atoms with Crippen LogP contribution in [0.3, 0.4) is 0 Å². The van der Waals surface area contributed by atoms with Gasteiger partial charge in [0, 0.05) is 43.9 Å². The fourth-order valence-corrected chi connectivity index (χ4v) is 3.25. The summed E-state index contributed by atoms with van der Waals surface area (Å²) in [7, 11) is 1.90. The monoisotopic (exact) mass is 463 g/mol. The van der Waals surface area contributed by atoms with Crippen LogP contribution in [0, 0.1) is 0 Å². The third kappa shape index (κ3) is 4.71. The van der Waals surface area contributed by atoms with Crippen molar-refractivity contribution >= 4 is 52.3 Å². The molecular weight excluding hydrogens is 441 g/mol. The Hall–Kier alpha value is -1.28. The van der Waals surface area contributed by atoms with Crippen LogP contribution in [-0.2, 0) is 17.4 Å². The van der Waals surface area contributed by atoms with Gasteiger partial charge in [-0.15, -0.1) is 24.8 Å². The number of nitrogens with two attached hydrogens (primary N) is 1. The number of rotatable bonds is 3. The van der Waals surface area contributed by atoms with Crippen molar-refractivity contribution in [2.24, 2.45) is 12.8 Å². The Kier molecular flexibility index (Phi) is 7.95. The number of nitrogens with zero attached hydrogens (tertiary/aromatic N) is 4. The Labute approximate surface area is 174 Å². The molecule has 0 bridgehead atoms. The second-order valence-electron chi connectivity index (χ2n) is 6.36. The van der Waals surface area contributed by atoms with E-state index in [9.17, 15) is 4.79 Å². The number of anilines is 1. The molecule has 0 radical (unpaired) electrons. The third-order valence-corrected chi connectivity index (χ3v) is 5.04. The van der Waals surface area contributed by atoms with Gasteiger partial charge in [0.15, 0.2) is 0 Å². The van der Waals surface area contributed by atoms with Gasteiger partial charge in [-0.25, -0.2) is 0 Å². The number of amides is 1. The molecule has 144 valence electrons. The van der Waals surface area contributed by atoms with Crippen LogP contribution in [0.1, 0.15) is 12.5 Å². The molecule has 0 aliphatic carbocycles. The summed E-state index contributed by atoms with van der Waals surface area (Å²) in [6.45, 7) is 4.68. The molecule has 2 aromatic rings. The van der Waals surface area contributed by atoms with Crippen molar-refractivity contribution in [2.45, 2.75) is 12.5 Å². The number of hydrogen-bond acceptors (Lipinski definition) is 4. The van der Waals surface area contributed by atoms with Gasteiger partial charge in [-0.05, 0) is 24.6 Å². The van der Waals surface area contributed by atoms with Crippen LogP contribution in [-0.4, -0.2) is 46.8 Å². The molecule has 0 spiro atoms. The molecule has 6 nitrogen and oxygen atoms in total. The molecule has 0 saturated carbocycles. The smallest absolute Gasteiger partial charge is 0.247 e. The van der Waals surface area contributed by atoms with Crippen LogP contribution >= 0.6 is 40.7 Å². The Morgan fingerprint density at radius 1 is 1.15 bits per heavy atom. The maximum Gasteiger partial charge on any atom is 0.247 e. The first-order valence-corrected chi connectivity index (χ1v) is 8.75. The van der Waals surface area contributed by atoms with Crippen molar-refractivity contribution in [1.82, 2.24) is 14.7 Å². The van der Waals surface area contributed by atoms with Gasteiger partial charge in [-0.3, -0.25) is 9.48 Å². The highest BCUT2D eigenvalue weighted by Crippen LogP contribution is 2.24. The van der Waals surface area contributed by atoms with Gasteiger partial charge in [-0.2, -0.15) is 5.10 Å². The van der Waals surface area contributed by atoms with E-state index in [1.165, 1.54) is 0 Å². The van der Waals surface area contributed by atoms with Gasteiger partial charge in [0.05, 0.1) is 11.9 Å². The molecule has 9 heteroatoms. The molecule has 26 heavy (non-hydrogen) atoms. The maximum atomic E-state index is 12.9. The Morgan fingerprint density at radius 3 is 2.23 bits per heavy atom. The summed E-state index contributed by atoms with van der Waals surface area (Å²) >= 11 is 3.41. The molecule has 3 rings (SSSR count). The summed E-state index contributed by atoms with van der Waals surface area (Å²) in [5, 5.41) is 4.20. The van der Waals surface area contributed by atoms with E-state index in [1.807, 2.05) is 48.6 Å². The lowest BCUT2D eigenvalue weighted by Gasteiger charge is -2.39. The van der Waals surface area contributed by atoms with E-state index in [0.29, 0.717) is 13.1 Å². The van der Waals surface area contributed by atoms with Crippen molar-refractivity contribution in [2.75, 3.05) is 31.1 Å². The molecular formula is C17H24BrCl2N5O. The largest absolute Gasteiger partial charge is 0.365 e. The molecule has 2 N–H and O–H groups in total. The van der Waals surface area contributed by atoms with Crippen LogP contribution in [0.4, 0.5) is 5.69 Å². The number of carbonyl (C=O) groups excluding carboxylic acids is 1. The van der Waals surface area contributed by atoms with E-state index in [-0.39, 0.29) is 30.7 Å². The highest BCUT2D eigenvalue weighted by molar-refractivity contribution is 9.10. The number of halogens is 3. The van der Waals surface area contributed by atoms with Crippen molar-refractivity contribution in [3.8, 4) is 0 Å². The number of benzene rings is 1. The van der Waals surface area contributed by atoms with Gasteiger partial charge >= 0.3 is 0 Å². The average Bonchev–Trinajstić information content (AvgIpc) is 3.01. The van der Waals surface area contributed by atoms with E-state index in [2.05, 4.69) is 25.9 Å². The predicted octanol–water partition coefficient (Wildman–Crippen LogP) is 2.55. The molecule has 2 heterocycles. The third-order valence-electron chi connectivity index (χ3n) is 4.51. The minimum Gasteiger partial charge on any atom is -0.365 e. The number of aromatic nitrogens is 2. The van der Waals surface area contributed by atoms with Gasteiger partial charge in [0.25, 0.3) is 0 Å². The first kappa shape index (κ1) is 22.8. The zero-order valence-electron chi connectivity index (χ0n) is 14.8. The average molecular weight is 465 g/mol. The van der Waals surface area contributed by atoms with Crippen LogP contribution < -0.4 is 10.6 Å². The molecule has 1 aromatic carbocycles. The summed E-state index contributed by atoms with van der Waals surface area (Å²) in [5.41, 5.74) is 7.28. The minimum atomic E-state index is -1.02. The van der Waals surface area contributed by atoms with Gasteiger partial charge in [0.1, 0.15) is 5.54 Å². The van der Waals surface area contributed by atoms with Crippen molar-refractivity contribution in [3.63, 3.8) is 0 Å². The Bertz CT molecular complexity index is 727. The van der Waals surface area contributed by atoms with Crippen molar-refractivity contribution in [3.05, 3.63) is 46.7 Å². The molecule has 1 amide bonds. The standard InChI is InChI=1S/C17H22BrN5O.2ClH/c1-17(19,13-3-5-14(18)6-4-13)16(24)23-9-7-22(8-10-23)15-11-20-21(2)12-15;;/h3-6,11-12H,7-10,19H2,1-2H3;2*1H.